The Balaban J connectivity index is 1.60. The fourth-order valence-electron chi connectivity index (χ4n) is 3.66. The van der Waals surface area contributed by atoms with E-state index in [1.807, 2.05) is 6.92 Å². The van der Waals surface area contributed by atoms with Gasteiger partial charge in [-0.2, -0.15) is 0 Å². The lowest BCUT2D eigenvalue weighted by Crippen LogP contribution is -2.32. The maximum absolute atomic E-state index is 15.5. The van der Waals surface area contributed by atoms with Gasteiger partial charge >= 0.3 is 0 Å². The summed E-state index contributed by atoms with van der Waals surface area (Å²) in [6, 6.07) is 0.941. The second kappa shape index (κ2) is 11.7. The van der Waals surface area contributed by atoms with Gasteiger partial charge < -0.3 is 15.0 Å². The zero-order valence-electron chi connectivity index (χ0n) is 21.1. The zero-order valence-corrected chi connectivity index (χ0v) is 22.7. The van der Waals surface area contributed by atoms with Gasteiger partial charge in [0.05, 0.1) is 40.9 Å². The average Bonchev–Trinajstić information content (AvgIpc) is 3.62. The van der Waals surface area contributed by atoms with Crippen molar-refractivity contribution in [3.63, 3.8) is 0 Å². The molecule has 1 atom stereocenters. The van der Waals surface area contributed by atoms with E-state index >= 15 is 4.39 Å². The molecule has 1 fully saturated rings. The molecule has 0 bridgehead atoms. The third-order valence-corrected chi connectivity index (χ3v) is 8.59. The SMILES string of the molecule is CCOc1cncc(-c2cnc(C(=O)NC(CCN(C)C)c3c(F)ccc(NS(=O)(=O)C4CC4)c3F)s2)n1. The predicted octanol–water partition coefficient (Wildman–Crippen LogP) is 3.60. The van der Waals surface area contributed by atoms with Crippen LogP contribution in [0.4, 0.5) is 14.5 Å². The minimum atomic E-state index is -3.78. The maximum atomic E-state index is 15.5. The number of benzene rings is 1. The second-order valence-corrected chi connectivity index (χ2v) is 12.0. The van der Waals surface area contributed by atoms with Crippen LogP contribution in [0, 0.1) is 11.6 Å². The molecule has 1 aliphatic rings. The number of thiazole rings is 1. The Labute approximate surface area is 223 Å². The third-order valence-electron chi connectivity index (χ3n) is 5.72. The minimum absolute atomic E-state index is 0.0601. The number of halogens is 2. The maximum Gasteiger partial charge on any atom is 0.280 e. The van der Waals surface area contributed by atoms with Crippen LogP contribution in [0.2, 0.25) is 0 Å². The second-order valence-electron chi connectivity index (χ2n) is 8.99. The quantitative estimate of drug-likeness (QED) is 0.341. The number of sulfonamides is 1. The molecule has 0 spiro atoms. The number of hydrogen-bond donors (Lipinski definition) is 2. The number of rotatable bonds is 12. The first-order chi connectivity index (χ1) is 18.1. The van der Waals surface area contributed by atoms with E-state index in [4.69, 9.17) is 4.74 Å². The number of carbonyl (C=O) groups is 1. The van der Waals surface area contributed by atoms with Crippen LogP contribution in [0.5, 0.6) is 5.88 Å². The molecule has 204 valence electrons. The van der Waals surface area contributed by atoms with Crippen LogP contribution < -0.4 is 14.8 Å². The topological polar surface area (TPSA) is 126 Å². The molecule has 1 saturated carbocycles. The molecule has 1 aliphatic carbocycles. The first-order valence-electron chi connectivity index (χ1n) is 11.9. The highest BCUT2D eigenvalue weighted by atomic mass is 32.2. The van der Waals surface area contributed by atoms with Gasteiger partial charge in [0.1, 0.15) is 11.5 Å². The monoisotopic (exact) mass is 566 g/mol. The van der Waals surface area contributed by atoms with Crippen molar-refractivity contribution in [2.24, 2.45) is 0 Å². The number of carbonyl (C=O) groups excluding carboxylic acids is 1. The molecule has 0 radical (unpaired) electrons. The molecule has 2 aromatic heterocycles. The van der Waals surface area contributed by atoms with E-state index in [0.717, 1.165) is 23.5 Å². The van der Waals surface area contributed by atoms with Crippen LogP contribution in [0.3, 0.4) is 0 Å². The Morgan fingerprint density at radius 2 is 2.00 bits per heavy atom. The van der Waals surface area contributed by atoms with Crippen LogP contribution in [-0.4, -0.2) is 66.7 Å². The highest BCUT2D eigenvalue weighted by molar-refractivity contribution is 7.93. The summed E-state index contributed by atoms with van der Waals surface area (Å²) in [4.78, 5) is 28.1. The summed E-state index contributed by atoms with van der Waals surface area (Å²) in [5, 5.41) is 2.15. The summed E-state index contributed by atoms with van der Waals surface area (Å²) < 4.78 is 62.8. The van der Waals surface area contributed by atoms with Crippen molar-refractivity contribution in [1.29, 1.82) is 0 Å². The highest BCUT2D eigenvalue weighted by Gasteiger charge is 2.37. The molecule has 3 aromatic rings. The molecular weight excluding hydrogens is 538 g/mol. The molecule has 1 unspecified atom stereocenters. The van der Waals surface area contributed by atoms with Gasteiger partial charge in [-0.1, -0.05) is 0 Å². The first-order valence-corrected chi connectivity index (χ1v) is 14.3. The van der Waals surface area contributed by atoms with Gasteiger partial charge in [-0.3, -0.25) is 14.5 Å². The number of anilines is 1. The first kappa shape index (κ1) is 27.8. The number of aromatic nitrogens is 3. The Morgan fingerprint density at radius 1 is 1.24 bits per heavy atom. The molecular formula is C24H28F2N6O4S2. The number of nitrogens with one attached hydrogen (secondary N) is 2. The summed E-state index contributed by atoms with van der Waals surface area (Å²) in [7, 11) is -0.201. The third kappa shape index (κ3) is 6.60. The van der Waals surface area contributed by atoms with Crippen molar-refractivity contribution >= 4 is 33.0 Å². The van der Waals surface area contributed by atoms with Crippen molar-refractivity contribution in [3.05, 3.63) is 52.9 Å². The summed E-state index contributed by atoms with van der Waals surface area (Å²) in [6.07, 6.45) is 5.58. The summed E-state index contributed by atoms with van der Waals surface area (Å²) in [5.74, 6) is -2.28. The van der Waals surface area contributed by atoms with Gasteiger partial charge in [-0.05, 0) is 59.0 Å². The lowest BCUT2D eigenvalue weighted by Gasteiger charge is -2.23. The largest absolute Gasteiger partial charge is 0.477 e. The van der Waals surface area contributed by atoms with Crippen LogP contribution in [0.25, 0.3) is 10.6 Å². The molecule has 2 N–H and O–H groups in total. The Kier molecular flexibility index (Phi) is 8.53. The molecule has 4 rings (SSSR count). The van der Waals surface area contributed by atoms with Crippen molar-refractivity contribution in [2.45, 2.75) is 37.5 Å². The van der Waals surface area contributed by atoms with E-state index in [2.05, 4.69) is 25.0 Å². The van der Waals surface area contributed by atoms with Crippen LogP contribution in [-0.2, 0) is 10.0 Å². The van der Waals surface area contributed by atoms with Gasteiger partial charge in [0.15, 0.2) is 10.8 Å². The van der Waals surface area contributed by atoms with Crippen molar-refractivity contribution < 1.29 is 26.7 Å². The molecule has 14 heteroatoms. The van der Waals surface area contributed by atoms with E-state index < -0.39 is 44.4 Å². The fraction of sp³-hybridized carbons (Fsp3) is 0.417. The number of hydrogen-bond acceptors (Lipinski definition) is 9. The van der Waals surface area contributed by atoms with Crippen molar-refractivity contribution in [1.82, 2.24) is 25.2 Å². The minimum Gasteiger partial charge on any atom is -0.477 e. The van der Waals surface area contributed by atoms with Gasteiger partial charge in [-0.25, -0.2) is 27.2 Å². The van der Waals surface area contributed by atoms with Crippen molar-refractivity contribution in [2.75, 3.05) is 32.0 Å². The average molecular weight is 567 g/mol. The molecule has 1 amide bonds. The van der Waals surface area contributed by atoms with Gasteiger partial charge in [0.2, 0.25) is 15.9 Å². The van der Waals surface area contributed by atoms with Crippen molar-refractivity contribution in [3.8, 4) is 16.5 Å². The van der Waals surface area contributed by atoms with Gasteiger partial charge in [-0.15, -0.1) is 11.3 Å². The van der Waals surface area contributed by atoms with Crippen LogP contribution >= 0.6 is 11.3 Å². The number of ether oxygens (including phenoxy) is 1. The summed E-state index contributed by atoms with van der Waals surface area (Å²) in [6.45, 7) is 2.63. The lowest BCUT2D eigenvalue weighted by molar-refractivity contribution is 0.0931. The Bertz CT molecular complexity index is 1410. The Hall–Kier alpha value is -3.23. The van der Waals surface area contributed by atoms with Gasteiger partial charge in [0, 0.05) is 11.8 Å². The van der Waals surface area contributed by atoms with E-state index in [1.165, 1.54) is 18.6 Å². The molecule has 0 aliphatic heterocycles. The van der Waals surface area contributed by atoms with Gasteiger partial charge in [0.25, 0.3) is 5.91 Å². The Morgan fingerprint density at radius 3 is 2.68 bits per heavy atom. The molecule has 1 aromatic carbocycles. The van der Waals surface area contributed by atoms with E-state index in [9.17, 15) is 17.6 Å². The number of nitrogens with zero attached hydrogens (tertiary/aromatic N) is 4. The lowest BCUT2D eigenvalue weighted by atomic mass is 10.0. The van der Waals surface area contributed by atoms with E-state index in [-0.39, 0.29) is 17.1 Å². The standard InChI is InChI=1S/C24H28F2N6O4S2/c1-4-36-20-13-27-11-18(29-20)19-12-28-24(37-19)23(33)30-16(9-10-32(2)3)21-15(25)7-8-17(22(21)26)31-38(34,35)14-5-6-14/h7-8,11-14,16,31H,4-6,9-10H2,1-3H3,(H,30,33). The van der Waals surface area contributed by atoms with Crippen LogP contribution in [0.1, 0.15) is 47.6 Å². The number of amides is 1. The normalized spacial score (nSPS) is 14.4. The summed E-state index contributed by atoms with van der Waals surface area (Å²) in [5.41, 5.74) is -0.325. The van der Waals surface area contributed by atoms with Crippen LogP contribution in [0.15, 0.2) is 30.7 Å². The molecule has 0 saturated heterocycles. The molecule has 38 heavy (non-hydrogen) atoms. The molecule has 10 nitrogen and oxygen atoms in total. The highest BCUT2D eigenvalue weighted by Crippen LogP contribution is 2.34. The smallest absolute Gasteiger partial charge is 0.280 e. The fourth-order valence-corrected chi connectivity index (χ4v) is 5.82. The van der Waals surface area contributed by atoms with E-state index in [1.54, 1.807) is 19.0 Å². The predicted molar refractivity (Wildman–Crippen MR) is 140 cm³/mol. The molecule has 2 heterocycles. The van der Waals surface area contributed by atoms with E-state index in [0.29, 0.717) is 42.4 Å². The summed E-state index contributed by atoms with van der Waals surface area (Å²) >= 11 is 1.04. The zero-order chi connectivity index (χ0) is 27.4.